The number of thiocarbonyl (C=S) groups is 1. The van der Waals surface area contributed by atoms with Crippen LogP contribution in [0.4, 0.5) is 4.39 Å². The van der Waals surface area contributed by atoms with Gasteiger partial charge in [-0.05, 0) is 43.4 Å². The Balaban J connectivity index is 2.04. The van der Waals surface area contributed by atoms with Crippen molar-refractivity contribution in [3.8, 4) is 0 Å². The minimum absolute atomic E-state index is 0.125. The predicted octanol–water partition coefficient (Wildman–Crippen LogP) is 2.13. The quantitative estimate of drug-likeness (QED) is 0.831. The van der Waals surface area contributed by atoms with Crippen LogP contribution in [0.1, 0.15) is 29.5 Å². The van der Waals surface area contributed by atoms with Crippen LogP contribution in [-0.4, -0.2) is 10.9 Å². The van der Waals surface area contributed by atoms with Gasteiger partial charge in [-0.25, -0.2) is 4.39 Å². The fraction of sp³-hybridized carbons (Fsp3) is 0.429. The Morgan fingerprint density at radius 3 is 2.37 bits per heavy atom. The number of carbonyl (C=O) groups is 1. The number of benzene rings is 1. The van der Waals surface area contributed by atoms with Crippen LogP contribution in [0.5, 0.6) is 0 Å². The highest BCUT2D eigenvalue weighted by Gasteiger charge is 2.52. The first kappa shape index (κ1) is 13.9. The van der Waals surface area contributed by atoms with E-state index in [1.165, 1.54) is 0 Å². The van der Waals surface area contributed by atoms with Crippen molar-refractivity contribution in [1.82, 2.24) is 5.32 Å². The van der Waals surface area contributed by atoms with Crippen molar-refractivity contribution < 1.29 is 9.18 Å². The van der Waals surface area contributed by atoms with Gasteiger partial charge >= 0.3 is 0 Å². The zero-order chi connectivity index (χ0) is 14.2. The fourth-order valence-electron chi connectivity index (χ4n) is 2.20. The summed E-state index contributed by atoms with van der Waals surface area (Å²) in [5.74, 6) is -0.323. The first-order valence-corrected chi connectivity index (χ1v) is 6.61. The SMILES string of the molecule is Cc1cc(CNC(=O)C2(C(N)=S)CC2)cc(C)c1F. The molecule has 5 heteroatoms. The lowest BCUT2D eigenvalue weighted by Gasteiger charge is -2.14. The van der Waals surface area contributed by atoms with Gasteiger partial charge in [-0.2, -0.15) is 0 Å². The third-order valence-corrected chi connectivity index (χ3v) is 4.00. The molecule has 0 unspecified atom stereocenters. The van der Waals surface area contributed by atoms with Gasteiger partial charge in [0.05, 0.1) is 10.4 Å². The third-order valence-electron chi connectivity index (χ3n) is 3.61. The Bertz CT molecular complexity index is 529. The second kappa shape index (κ2) is 4.89. The van der Waals surface area contributed by atoms with Gasteiger partial charge in [-0.3, -0.25) is 4.79 Å². The number of nitrogens with two attached hydrogens (primary N) is 1. The summed E-state index contributed by atoms with van der Waals surface area (Å²) in [4.78, 5) is 12.3. The van der Waals surface area contributed by atoms with Gasteiger partial charge in [0.15, 0.2) is 0 Å². The molecule has 3 N–H and O–H groups in total. The molecule has 0 spiro atoms. The van der Waals surface area contributed by atoms with Crippen molar-refractivity contribution in [1.29, 1.82) is 0 Å². The monoisotopic (exact) mass is 280 g/mol. The first-order valence-electron chi connectivity index (χ1n) is 6.20. The standard InChI is InChI=1S/C14H17FN2OS/c1-8-5-10(6-9(2)11(8)15)7-17-13(18)14(3-4-14)12(16)19/h5-6H,3-4,7H2,1-2H3,(H2,16,19)(H,17,18). The lowest BCUT2D eigenvalue weighted by molar-refractivity contribution is -0.124. The smallest absolute Gasteiger partial charge is 0.233 e. The van der Waals surface area contributed by atoms with Crippen LogP contribution < -0.4 is 11.1 Å². The Kier molecular flexibility index (Phi) is 3.58. The molecule has 1 aromatic carbocycles. The Morgan fingerprint density at radius 2 is 1.95 bits per heavy atom. The van der Waals surface area contributed by atoms with Crippen molar-refractivity contribution in [2.75, 3.05) is 0 Å². The van der Waals surface area contributed by atoms with Crippen LogP contribution in [0.25, 0.3) is 0 Å². The van der Waals surface area contributed by atoms with E-state index in [0.29, 0.717) is 17.7 Å². The van der Waals surface area contributed by atoms with Crippen LogP contribution in [0, 0.1) is 25.1 Å². The van der Waals surface area contributed by atoms with E-state index in [1.807, 2.05) is 0 Å². The first-order chi connectivity index (χ1) is 8.86. The summed E-state index contributed by atoms with van der Waals surface area (Å²) in [5.41, 5.74) is 7.00. The Labute approximate surface area is 117 Å². The number of hydrogen-bond acceptors (Lipinski definition) is 2. The second-order valence-electron chi connectivity index (χ2n) is 5.17. The molecule has 0 aromatic heterocycles. The molecule has 2 rings (SSSR count). The average Bonchev–Trinajstić information content (AvgIpc) is 3.14. The van der Waals surface area contributed by atoms with Crippen LogP contribution in [0.3, 0.4) is 0 Å². The Hall–Kier alpha value is -1.49. The number of nitrogens with one attached hydrogen (secondary N) is 1. The van der Waals surface area contributed by atoms with E-state index in [1.54, 1.807) is 26.0 Å². The molecule has 3 nitrogen and oxygen atoms in total. The number of halogens is 1. The van der Waals surface area contributed by atoms with Crippen molar-refractivity contribution in [2.45, 2.75) is 33.2 Å². The molecule has 1 aliphatic rings. The molecular formula is C14H17FN2OS. The van der Waals surface area contributed by atoms with Gasteiger partial charge in [-0.1, -0.05) is 24.4 Å². The molecule has 0 bridgehead atoms. The normalized spacial score (nSPS) is 15.9. The molecule has 0 aliphatic heterocycles. The summed E-state index contributed by atoms with van der Waals surface area (Å²) in [7, 11) is 0. The molecule has 1 aromatic rings. The van der Waals surface area contributed by atoms with Gasteiger partial charge in [0.2, 0.25) is 5.91 Å². The molecule has 1 fully saturated rings. The van der Waals surface area contributed by atoms with Crippen LogP contribution in [0.2, 0.25) is 0 Å². The largest absolute Gasteiger partial charge is 0.392 e. The lowest BCUT2D eigenvalue weighted by atomic mass is 10.0. The number of rotatable bonds is 4. The molecule has 0 saturated heterocycles. The Morgan fingerprint density at radius 1 is 1.42 bits per heavy atom. The van der Waals surface area contributed by atoms with Crippen molar-refractivity contribution >= 4 is 23.1 Å². The van der Waals surface area contributed by atoms with Crippen LogP contribution in [-0.2, 0) is 11.3 Å². The van der Waals surface area contributed by atoms with Gasteiger partial charge in [-0.15, -0.1) is 0 Å². The third kappa shape index (κ3) is 2.61. The van der Waals surface area contributed by atoms with Crippen molar-refractivity contribution in [3.63, 3.8) is 0 Å². The van der Waals surface area contributed by atoms with Gasteiger partial charge in [0.1, 0.15) is 5.82 Å². The summed E-state index contributed by atoms with van der Waals surface area (Å²) in [5, 5.41) is 2.83. The van der Waals surface area contributed by atoms with Crippen molar-refractivity contribution in [2.24, 2.45) is 11.1 Å². The van der Waals surface area contributed by atoms with Gasteiger partial charge < -0.3 is 11.1 Å². The van der Waals surface area contributed by atoms with E-state index in [-0.39, 0.29) is 16.7 Å². The molecule has 102 valence electrons. The van der Waals surface area contributed by atoms with Gasteiger partial charge in [0.25, 0.3) is 0 Å². The highest BCUT2D eigenvalue weighted by atomic mass is 32.1. The van der Waals surface area contributed by atoms with E-state index in [4.69, 9.17) is 18.0 Å². The zero-order valence-electron chi connectivity index (χ0n) is 11.0. The molecule has 1 saturated carbocycles. The maximum atomic E-state index is 13.5. The summed E-state index contributed by atoms with van der Waals surface area (Å²) in [6.45, 7) is 3.79. The summed E-state index contributed by atoms with van der Waals surface area (Å²) in [6.07, 6.45) is 1.44. The molecule has 1 aliphatic carbocycles. The fourth-order valence-corrected chi connectivity index (χ4v) is 2.50. The van der Waals surface area contributed by atoms with E-state index >= 15 is 0 Å². The van der Waals surface area contributed by atoms with Gasteiger partial charge in [0, 0.05) is 6.54 Å². The van der Waals surface area contributed by atoms with E-state index in [2.05, 4.69) is 5.32 Å². The van der Waals surface area contributed by atoms with E-state index in [9.17, 15) is 9.18 Å². The van der Waals surface area contributed by atoms with E-state index in [0.717, 1.165) is 18.4 Å². The zero-order valence-corrected chi connectivity index (χ0v) is 11.9. The molecule has 1 amide bonds. The minimum atomic E-state index is -0.639. The van der Waals surface area contributed by atoms with E-state index < -0.39 is 5.41 Å². The maximum Gasteiger partial charge on any atom is 0.233 e. The molecule has 0 radical (unpaired) electrons. The lowest BCUT2D eigenvalue weighted by Crippen LogP contribution is -2.39. The molecule has 19 heavy (non-hydrogen) atoms. The number of hydrogen-bond donors (Lipinski definition) is 2. The van der Waals surface area contributed by atoms with Crippen LogP contribution >= 0.6 is 12.2 Å². The topological polar surface area (TPSA) is 55.1 Å². The highest BCUT2D eigenvalue weighted by molar-refractivity contribution is 7.80. The second-order valence-corrected chi connectivity index (χ2v) is 5.61. The van der Waals surface area contributed by atoms with Crippen LogP contribution in [0.15, 0.2) is 12.1 Å². The molecule has 0 heterocycles. The molecule has 0 atom stereocenters. The summed E-state index contributed by atoms with van der Waals surface area (Å²) < 4.78 is 13.5. The maximum absolute atomic E-state index is 13.5. The van der Waals surface area contributed by atoms with Crippen molar-refractivity contribution in [3.05, 3.63) is 34.6 Å². The summed E-state index contributed by atoms with van der Waals surface area (Å²) in [6, 6.07) is 3.48. The number of amides is 1. The highest BCUT2D eigenvalue weighted by Crippen LogP contribution is 2.46. The number of aryl methyl sites for hydroxylation is 2. The number of carbonyl (C=O) groups excluding carboxylic acids is 1. The average molecular weight is 280 g/mol. The molecular weight excluding hydrogens is 263 g/mol. The predicted molar refractivity (Wildman–Crippen MR) is 76.2 cm³/mol. The minimum Gasteiger partial charge on any atom is -0.392 e. The summed E-state index contributed by atoms with van der Waals surface area (Å²) >= 11 is 4.93.